The van der Waals surface area contributed by atoms with Crippen LogP contribution in [0.3, 0.4) is 0 Å². The molecule has 2 N–H and O–H groups in total. The minimum atomic E-state index is -0.366. The third-order valence-corrected chi connectivity index (χ3v) is 5.35. The summed E-state index contributed by atoms with van der Waals surface area (Å²) >= 11 is 0. The first kappa shape index (κ1) is 18.5. The van der Waals surface area contributed by atoms with E-state index in [0.717, 1.165) is 37.7 Å². The highest BCUT2D eigenvalue weighted by Gasteiger charge is 2.19. The predicted molar refractivity (Wildman–Crippen MR) is 104 cm³/mol. The molecule has 0 spiro atoms. The smallest absolute Gasteiger partial charge is 0.248 e. The van der Waals surface area contributed by atoms with Gasteiger partial charge in [0.1, 0.15) is 5.75 Å². The summed E-state index contributed by atoms with van der Waals surface area (Å²) in [6.07, 6.45) is 4.92. The summed E-state index contributed by atoms with van der Waals surface area (Å²) in [4.78, 5) is 13.6. The molecule has 0 saturated carbocycles. The van der Waals surface area contributed by atoms with Gasteiger partial charge in [0, 0.05) is 12.1 Å². The molecule has 138 valence electrons. The van der Waals surface area contributed by atoms with Crippen molar-refractivity contribution in [2.24, 2.45) is 11.7 Å². The van der Waals surface area contributed by atoms with Gasteiger partial charge in [-0.05, 0) is 80.1 Å². The Balaban J connectivity index is 1.41. The first-order valence-electron chi connectivity index (χ1n) is 9.38. The van der Waals surface area contributed by atoms with Gasteiger partial charge in [0.05, 0.1) is 7.11 Å². The summed E-state index contributed by atoms with van der Waals surface area (Å²) in [5.41, 5.74) is 8.50. The molecule has 1 aliphatic heterocycles. The van der Waals surface area contributed by atoms with E-state index in [-0.39, 0.29) is 5.91 Å². The molecule has 0 unspecified atom stereocenters. The zero-order chi connectivity index (χ0) is 18.4. The average molecular weight is 352 g/mol. The molecule has 4 nitrogen and oxygen atoms in total. The molecule has 0 radical (unpaired) electrons. The van der Waals surface area contributed by atoms with E-state index in [9.17, 15) is 4.79 Å². The third kappa shape index (κ3) is 5.09. The van der Waals surface area contributed by atoms with Crippen LogP contribution < -0.4 is 10.5 Å². The number of ether oxygens (including phenoxy) is 1. The Morgan fingerprint density at radius 2 is 1.65 bits per heavy atom. The number of hydrogen-bond acceptors (Lipinski definition) is 3. The first-order chi connectivity index (χ1) is 12.6. The second-order valence-electron chi connectivity index (χ2n) is 7.17. The highest BCUT2D eigenvalue weighted by atomic mass is 16.5. The molecular weight excluding hydrogens is 324 g/mol. The normalized spacial score (nSPS) is 15.7. The van der Waals surface area contributed by atoms with E-state index in [0.29, 0.717) is 5.56 Å². The number of nitrogens with zero attached hydrogens (tertiary/aromatic N) is 1. The Bertz CT molecular complexity index is 702. The molecule has 1 amide bonds. The molecule has 1 fully saturated rings. The van der Waals surface area contributed by atoms with Gasteiger partial charge in [0.2, 0.25) is 5.91 Å². The number of nitrogens with two attached hydrogens (primary N) is 1. The van der Waals surface area contributed by atoms with Crippen molar-refractivity contribution in [1.29, 1.82) is 0 Å². The van der Waals surface area contributed by atoms with Crippen LogP contribution in [0.4, 0.5) is 0 Å². The van der Waals surface area contributed by atoms with Gasteiger partial charge in [0.25, 0.3) is 0 Å². The van der Waals surface area contributed by atoms with Crippen LogP contribution >= 0.6 is 0 Å². The van der Waals surface area contributed by atoms with E-state index in [2.05, 4.69) is 17.0 Å². The molecule has 0 aliphatic carbocycles. The number of amides is 1. The maximum Gasteiger partial charge on any atom is 0.248 e. The number of aryl methyl sites for hydroxylation is 1. The van der Waals surface area contributed by atoms with Crippen LogP contribution in [0.1, 0.15) is 40.7 Å². The van der Waals surface area contributed by atoms with Crippen molar-refractivity contribution in [2.75, 3.05) is 20.2 Å². The molecule has 2 aromatic carbocycles. The maximum atomic E-state index is 11.1. The van der Waals surface area contributed by atoms with E-state index < -0.39 is 0 Å². The van der Waals surface area contributed by atoms with Crippen molar-refractivity contribution in [3.63, 3.8) is 0 Å². The fourth-order valence-corrected chi connectivity index (χ4v) is 3.63. The lowest BCUT2D eigenvalue weighted by atomic mass is 9.90. The molecular formula is C22H28N2O2. The maximum absolute atomic E-state index is 11.1. The van der Waals surface area contributed by atoms with E-state index >= 15 is 0 Å². The van der Waals surface area contributed by atoms with E-state index in [1.807, 2.05) is 36.4 Å². The van der Waals surface area contributed by atoms with Crippen molar-refractivity contribution in [3.05, 3.63) is 65.2 Å². The Morgan fingerprint density at radius 1 is 1.04 bits per heavy atom. The van der Waals surface area contributed by atoms with Gasteiger partial charge in [-0.25, -0.2) is 0 Å². The highest BCUT2D eigenvalue weighted by molar-refractivity contribution is 5.92. The Kier molecular flexibility index (Phi) is 6.29. The van der Waals surface area contributed by atoms with Crippen molar-refractivity contribution in [1.82, 2.24) is 4.90 Å². The van der Waals surface area contributed by atoms with E-state index in [4.69, 9.17) is 10.5 Å². The zero-order valence-electron chi connectivity index (χ0n) is 15.5. The Morgan fingerprint density at radius 3 is 2.23 bits per heavy atom. The van der Waals surface area contributed by atoms with Crippen molar-refractivity contribution in [2.45, 2.75) is 32.2 Å². The van der Waals surface area contributed by atoms with Crippen LogP contribution in [0.2, 0.25) is 0 Å². The van der Waals surface area contributed by atoms with Gasteiger partial charge in [-0.1, -0.05) is 24.3 Å². The highest BCUT2D eigenvalue weighted by Crippen LogP contribution is 2.24. The largest absolute Gasteiger partial charge is 0.497 e. The third-order valence-electron chi connectivity index (χ3n) is 5.35. The molecule has 2 aromatic rings. The van der Waals surface area contributed by atoms with Gasteiger partial charge in [-0.3, -0.25) is 9.69 Å². The fourth-order valence-electron chi connectivity index (χ4n) is 3.63. The fraction of sp³-hybridized carbons (Fsp3) is 0.409. The van der Waals surface area contributed by atoms with Gasteiger partial charge in [-0.15, -0.1) is 0 Å². The lowest BCUT2D eigenvalue weighted by Crippen LogP contribution is -2.33. The Hall–Kier alpha value is -2.33. The van der Waals surface area contributed by atoms with Gasteiger partial charge in [-0.2, -0.15) is 0 Å². The van der Waals surface area contributed by atoms with Crippen LogP contribution in [-0.4, -0.2) is 31.0 Å². The summed E-state index contributed by atoms with van der Waals surface area (Å²) < 4.78 is 5.21. The van der Waals surface area contributed by atoms with Crippen LogP contribution in [0.15, 0.2) is 48.5 Å². The monoisotopic (exact) mass is 352 g/mol. The molecule has 1 heterocycles. The number of hydrogen-bond donors (Lipinski definition) is 1. The summed E-state index contributed by atoms with van der Waals surface area (Å²) in [6.45, 7) is 3.24. The number of primary amides is 1. The van der Waals surface area contributed by atoms with Gasteiger partial charge in [0.15, 0.2) is 0 Å². The summed E-state index contributed by atoms with van der Waals surface area (Å²) in [6, 6.07) is 16.1. The SMILES string of the molecule is COc1ccc(CCC2CCN(Cc3ccc(C(N)=O)cc3)CC2)cc1. The summed E-state index contributed by atoms with van der Waals surface area (Å²) in [5, 5.41) is 0. The van der Waals surface area contributed by atoms with Crippen molar-refractivity contribution in [3.8, 4) is 5.75 Å². The molecule has 0 atom stereocenters. The topological polar surface area (TPSA) is 55.6 Å². The quantitative estimate of drug-likeness (QED) is 0.828. The average Bonchev–Trinajstić information content (AvgIpc) is 2.68. The molecule has 0 bridgehead atoms. The summed E-state index contributed by atoms with van der Waals surface area (Å²) in [5.74, 6) is 1.37. The van der Waals surface area contributed by atoms with Gasteiger partial charge >= 0.3 is 0 Å². The number of rotatable bonds is 7. The number of carbonyl (C=O) groups excluding carboxylic acids is 1. The second-order valence-corrected chi connectivity index (χ2v) is 7.17. The van der Waals surface area contributed by atoms with Crippen LogP contribution in [-0.2, 0) is 13.0 Å². The van der Waals surface area contributed by atoms with E-state index in [1.165, 1.54) is 30.4 Å². The number of piperidine rings is 1. The minimum absolute atomic E-state index is 0.366. The molecule has 0 aromatic heterocycles. The molecule has 3 rings (SSSR count). The van der Waals surface area contributed by atoms with E-state index in [1.54, 1.807) is 7.11 Å². The number of carbonyl (C=O) groups is 1. The summed E-state index contributed by atoms with van der Waals surface area (Å²) in [7, 11) is 1.70. The van der Waals surface area contributed by atoms with Crippen LogP contribution in [0.25, 0.3) is 0 Å². The predicted octanol–water partition coefficient (Wildman–Crippen LogP) is 3.64. The van der Waals surface area contributed by atoms with Crippen LogP contribution in [0.5, 0.6) is 5.75 Å². The lowest BCUT2D eigenvalue weighted by Gasteiger charge is -2.32. The molecule has 26 heavy (non-hydrogen) atoms. The lowest BCUT2D eigenvalue weighted by molar-refractivity contribution is 0.1000. The second kappa shape index (κ2) is 8.86. The number of likely N-dealkylation sites (tertiary alicyclic amines) is 1. The first-order valence-corrected chi connectivity index (χ1v) is 9.38. The Labute approximate surface area is 156 Å². The minimum Gasteiger partial charge on any atom is -0.497 e. The standard InChI is InChI=1S/C22H28N2O2/c1-26-21-10-6-17(7-11-21)2-3-18-12-14-24(15-13-18)16-19-4-8-20(9-5-19)22(23)25/h4-11,18H,2-3,12-16H2,1H3,(H2,23,25). The van der Waals surface area contributed by atoms with Crippen LogP contribution in [0, 0.1) is 5.92 Å². The molecule has 1 aliphatic rings. The van der Waals surface area contributed by atoms with Crippen molar-refractivity contribution >= 4 is 5.91 Å². The molecule has 1 saturated heterocycles. The number of methoxy groups -OCH3 is 1. The zero-order valence-corrected chi connectivity index (χ0v) is 15.5. The van der Waals surface area contributed by atoms with Crippen molar-refractivity contribution < 1.29 is 9.53 Å². The molecule has 4 heteroatoms. The number of benzene rings is 2. The van der Waals surface area contributed by atoms with Gasteiger partial charge < -0.3 is 10.5 Å².